The van der Waals surface area contributed by atoms with E-state index in [1.165, 1.54) is 25.7 Å². The average Bonchev–Trinajstić information content (AvgIpc) is 2.91. The molecular weight excluding hydrogens is 210 g/mol. The first-order chi connectivity index (χ1) is 8.24. The first-order valence-corrected chi connectivity index (χ1v) is 6.68. The van der Waals surface area contributed by atoms with Crippen LogP contribution in [-0.2, 0) is 0 Å². The summed E-state index contributed by atoms with van der Waals surface area (Å²) in [6, 6.07) is 1.87. The summed E-state index contributed by atoms with van der Waals surface area (Å²) in [6.07, 6.45) is 9.70. The van der Waals surface area contributed by atoms with Crippen LogP contribution in [0.2, 0.25) is 0 Å². The predicted octanol–water partition coefficient (Wildman–Crippen LogP) is 3.40. The fraction of sp³-hybridized carbons (Fsp3) is 0.600. The van der Waals surface area contributed by atoms with Crippen molar-refractivity contribution in [3.8, 4) is 0 Å². The van der Waals surface area contributed by atoms with Crippen LogP contribution in [0.5, 0.6) is 0 Å². The highest BCUT2D eigenvalue weighted by Gasteiger charge is 2.40. The number of fused-ring (bicyclic) bond motifs is 2. The maximum Gasteiger partial charge on any atom is 0.163 e. The van der Waals surface area contributed by atoms with Crippen LogP contribution in [0.3, 0.4) is 0 Å². The SMILES string of the molecule is Cc1cnccc1C(=O)CC1CC2CCC1C2. The molecule has 2 aliphatic carbocycles. The van der Waals surface area contributed by atoms with Crippen molar-refractivity contribution < 1.29 is 4.79 Å². The Balaban J connectivity index is 1.70. The Hall–Kier alpha value is -1.18. The molecule has 1 heterocycles. The molecule has 2 saturated carbocycles. The van der Waals surface area contributed by atoms with Crippen LogP contribution >= 0.6 is 0 Å². The molecule has 0 amide bonds. The number of hydrogen-bond acceptors (Lipinski definition) is 2. The van der Waals surface area contributed by atoms with E-state index in [1.807, 2.05) is 13.0 Å². The van der Waals surface area contributed by atoms with Crippen molar-refractivity contribution in [1.29, 1.82) is 0 Å². The fourth-order valence-electron chi connectivity index (χ4n) is 3.76. The highest BCUT2D eigenvalue weighted by Crippen LogP contribution is 2.49. The van der Waals surface area contributed by atoms with Crippen LogP contribution in [0.25, 0.3) is 0 Å². The molecule has 3 atom stereocenters. The van der Waals surface area contributed by atoms with E-state index >= 15 is 0 Å². The minimum atomic E-state index is 0.322. The maximum absolute atomic E-state index is 12.3. The Morgan fingerprint density at radius 2 is 2.29 bits per heavy atom. The standard InChI is InChI=1S/C15H19NO/c1-10-9-16-5-4-14(10)15(17)8-13-7-11-2-3-12(13)6-11/h4-5,9,11-13H,2-3,6-8H2,1H3. The lowest BCUT2D eigenvalue weighted by atomic mass is 9.84. The van der Waals surface area contributed by atoms with Crippen molar-refractivity contribution in [1.82, 2.24) is 4.98 Å². The van der Waals surface area contributed by atoms with Crippen molar-refractivity contribution in [3.05, 3.63) is 29.6 Å². The number of rotatable bonds is 3. The number of Topliss-reactive ketones (excluding diaryl/α,β-unsaturated/α-hetero) is 1. The molecule has 90 valence electrons. The van der Waals surface area contributed by atoms with Gasteiger partial charge in [-0.15, -0.1) is 0 Å². The summed E-state index contributed by atoms with van der Waals surface area (Å²) in [7, 11) is 0. The summed E-state index contributed by atoms with van der Waals surface area (Å²) in [5, 5.41) is 0. The first-order valence-electron chi connectivity index (χ1n) is 6.68. The third kappa shape index (κ3) is 2.01. The summed E-state index contributed by atoms with van der Waals surface area (Å²) in [6.45, 7) is 1.97. The summed E-state index contributed by atoms with van der Waals surface area (Å²) in [5.41, 5.74) is 1.89. The Labute approximate surface area is 102 Å². The maximum atomic E-state index is 12.3. The highest BCUT2D eigenvalue weighted by molar-refractivity contribution is 5.97. The van der Waals surface area contributed by atoms with Crippen LogP contribution in [0.4, 0.5) is 0 Å². The lowest BCUT2D eigenvalue weighted by Gasteiger charge is -2.20. The molecule has 2 nitrogen and oxygen atoms in total. The Kier molecular flexibility index (Phi) is 2.73. The van der Waals surface area contributed by atoms with Crippen LogP contribution in [-0.4, -0.2) is 10.8 Å². The molecule has 0 N–H and O–H groups in total. The van der Waals surface area contributed by atoms with E-state index in [0.29, 0.717) is 11.7 Å². The van der Waals surface area contributed by atoms with Gasteiger partial charge in [0.05, 0.1) is 0 Å². The van der Waals surface area contributed by atoms with Crippen molar-refractivity contribution >= 4 is 5.78 Å². The summed E-state index contributed by atoms with van der Waals surface area (Å²) < 4.78 is 0. The second kappa shape index (κ2) is 4.25. The molecule has 0 spiro atoms. The predicted molar refractivity (Wildman–Crippen MR) is 66.9 cm³/mol. The molecule has 0 aliphatic heterocycles. The van der Waals surface area contributed by atoms with E-state index in [1.54, 1.807) is 12.4 Å². The molecule has 2 heteroatoms. The molecule has 2 aliphatic rings. The normalized spacial score (nSPS) is 30.8. The number of aromatic nitrogens is 1. The molecular formula is C15H19NO. The van der Waals surface area contributed by atoms with Gasteiger partial charge in [-0.3, -0.25) is 9.78 Å². The van der Waals surface area contributed by atoms with Crippen LogP contribution in [0.15, 0.2) is 18.5 Å². The van der Waals surface area contributed by atoms with E-state index < -0.39 is 0 Å². The number of ketones is 1. The lowest BCUT2D eigenvalue weighted by molar-refractivity contribution is 0.0943. The van der Waals surface area contributed by atoms with Gasteiger partial charge in [0.1, 0.15) is 0 Å². The third-order valence-corrected chi connectivity index (χ3v) is 4.65. The quantitative estimate of drug-likeness (QED) is 0.743. The van der Waals surface area contributed by atoms with Gasteiger partial charge in [0.15, 0.2) is 5.78 Å². The minimum absolute atomic E-state index is 0.322. The van der Waals surface area contributed by atoms with Gasteiger partial charge >= 0.3 is 0 Å². The van der Waals surface area contributed by atoms with Crippen molar-refractivity contribution in [3.63, 3.8) is 0 Å². The van der Waals surface area contributed by atoms with Crippen molar-refractivity contribution in [2.24, 2.45) is 17.8 Å². The molecule has 2 fully saturated rings. The Morgan fingerprint density at radius 1 is 1.41 bits per heavy atom. The topological polar surface area (TPSA) is 30.0 Å². The zero-order chi connectivity index (χ0) is 11.8. The molecule has 0 saturated heterocycles. The van der Waals surface area contributed by atoms with E-state index in [0.717, 1.165) is 29.4 Å². The third-order valence-electron chi connectivity index (χ3n) is 4.65. The van der Waals surface area contributed by atoms with Gasteiger partial charge < -0.3 is 0 Å². The summed E-state index contributed by atoms with van der Waals surface area (Å²) in [4.78, 5) is 16.3. The number of hydrogen-bond donors (Lipinski definition) is 0. The molecule has 17 heavy (non-hydrogen) atoms. The van der Waals surface area contributed by atoms with Gasteiger partial charge in [-0.2, -0.15) is 0 Å². The van der Waals surface area contributed by atoms with E-state index in [2.05, 4.69) is 4.98 Å². The molecule has 2 bridgehead atoms. The zero-order valence-electron chi connectivity index (χ0n) is 10.4. The second-order valence-electron chi connectivity index (χ2n) is 5.75. The first kappa shape index (κ1) is 10.9. The number of carbonyl (C=O) groups is 1. The highest BCUT2D eigenvalue weighted by atomic mass is 16.1. The minimum Gasteiger partial charge on any atom is -0.294 e. The largest absolute Gasteiger partial charge is 0.294 e. The molecule has 1 aromatic heterocycles. The number of nitrogens with zero attached hydrogens (tertiary/aromatic N) is 1. The van der Waals surface area contributed by atoms with Crippen molar-refractivity contribution in [2.45, 2.75) is 39.0 Å². The van der Waals surface area contributed by atoms with Crippen LogP contribution in [0.1, 0.15) is 48.0 Å². The molecule has 1 aromatic rings. The summed E-state index contributed by atoms with van der Waals surface area (Å²) >= 11 is 0. The van der Waals surface area contributed by atoms with Gasteiger partial charge in [0.25, 0.3) is 0 Å². The Morgan fingerprint density at radius 3 is 2.94 bits per heavy atom. The molecule has 3 unspecified atom stereocenters. The van der Waals surface area contributed by atoms with Crippen LogP contribution in [0, 0.1) is 24.7 Å². The molecule has 3 rings (SSSR count). The zero-order valence-corrected chi connectivity index (χ0v) is 10.4. The average molecular weight is 229 g/mol. The monoisotopic (exact) mass is 229 g/mol. The van der Waals surface area contributed by atoms with E-state index in [9.17, 15) is 4.79 Å². The lowest BCUT2D eigenvalue weighted by Crippen LogP contribution is -2.16. The van der Waals surface area contributed by atoms with Gasteiger partial charge in [-0.25, -0.2) is 0 Å². The van der Waals surface area contributed by atoms with Gasteiger partial charge in [-0.05, 0) is 55.6 Å². The van der Waals surface area contributed by atoms with Crippen molar-refractivity contribution in [2.75, 3.05) is 0 Å². The summed E-state index contributed by atoms with van der Waals surface area (Å²) in [5.74, 6) is 2.75. The molecule has 0 aromatic carbocycles. The van der Waals surface area contributed by atoms with Gasteiger partial charge in [0.2, 0.25) is 0 Å². The smallest absolute Gasteiger partial charge is 0.163 e. The van der Waals surface area contributed by atoms with Gasteiger partial charge in [0, 0.05) is 24.4 Å². The number of pyridine rings is 1. The van der Waals surface area contributed by atoms with Gasteiger partial charge in [-0.1, -0.05) is 6.42 Å². The van der Waals surface area contributed by atoms with E-state index in [4.69, 9.17) is 0 Å². The van der Waals surface area contributed by atoms with Crippen LogP contribution < -0.4 is 0 Å². The number of aryl methyl sites for hydroxylation is 1. The Bertz CT molecular complexity index is 440. The second-order valence-corrected chi connectivity index (χ2v) is 5.75. The number of carbonyl (C=O) groups excluding carboxylic acids is 1. The van der Waals surface area contributed by atoms with E-state index in [-0.39, 0.29) is 0 Å². The fourth-order valence-corrected chi connectivity index (χ4v) is 3.76. The molecule has 0 radical (unpaired) electrons.